The molecule has 1 amide bonds. The molecule has 0 aliphatic heterocycles. The molecule has 1 N–H and O–H groups in total. The van der Waals surface area contributed by atoms with Gasteiger partial charge in [-0.05, 0) is 19.4 Å². The first-order chi connectivity index (χ1) is 11.1. The molecule has 0 aliphatic rings. The Hall–Kier alpha value is -2.47. The molecule has 0 atom stereocenters. The Kier molecular flexibility index (Phi) is 4.52. The minimum atomic E-state index is -0.0363. The van der Waals surface area contributed by atoms with E-state index >= 15 is 0 Å². The Morgan fingerprint density at radius 2 is 2.22 bits per heavy atom. The summed E-state index contributed by atoms with van der Waals surface area (Å²) in [6, 6.07) is 8.11. The van der Waals surface area contributed by atoms with Crippen LogP contribution < -0.4 is 5.32 Å². The molecule has 3 aromatic rings. The number of benzene rings is 1. The highest BCUT2D eigenvalue weighted by molar-refractivity contribution is 7.13. The summed E-state index contributed by atoms with van der Waals surface area (Å²) in [4.78, 5) is 20.8. The van der Waals surface area contributed by atoms with Gasteiger partial charge in [-0.3, -0.25) is 4.79 Å². The van der Waals surface area contributed by atoms with Gasteiger partial charge in [0.15, 0.2) is 0 Å². The molecule has 0 unspecified atom stereocenters. The van der Waals surface area contributed by atoms with Crippen LogP contribution in [0.2, 0.25) is 0 Å². The highest BCUT2D eigenvalue weighted by atomic mass is 32.1. The third kappa shape index (κ3) is 4.04. The molecule has 118 valence electrons. The standard InChI is InChI=1S/C17H18N4OS/c1-12-4-3-5-14(6-12)7-18-16(22)9-21-8-15(19-11-21)17-20-13(2)10-23-17/h3-6,8,10-11H,7,9H2,1-2H3,(H,18,22). The fraction of sp³-hybridized carbons (Fsp3) is 0.235. The van der Waals surface area contributed by atoms with Crippen LogP contribution in [0.3, 0.4) is 0 Å². The van der Waals surface area contributed by atoms with E-state index in [-0.39, 0.29) is 12.5 Å². The van der Waals surface area contributed by atoms with Crippen LogP contribution in [-0.4, -0.2) is 20.4 Å². The molecule has 0 saturated carbocycles. The molecule has 5 nitrogen and oxygen atoms in total. The molecule has 0 spiro atoms. The fourth-order valence-corrected chi connectivity index (χ4v) is 3.03. The average Bonchev–Trinajstić information content (AvgIpc) is 3.14. The number of rotatable bonds is 5. The fourth-order valence-electron chi connectivity index (χ4n) is 2.27. The van der Waals surface area contributed by atoms with Gasteiger partial charge in [0, 0.05) is 23.8 Å². The van der Waals surface area contributed by atoms with Gasteiger partial charge in [-0.1, -0.05) is 29.8 Å². The second-order valence-electron chi connectivity index (χ2n) is 5.49. The molecule has 0 aliphatic carbocycles. The molecule has 6 heteroatoms. The molecular weight excluding hydrogens is 308 g/mol. The van der Waals surface area contributed by atoms with Crippen molar-refractivity contribution in [3.63, 3.8) is 0 Å². The minimum Gasteiger partial charge on any atom is -0.350 e. The summed E-state index contributed by atoms with van der Waals surface area (Å²) in [5.41, 5.74) is 4.07. The number of carbonyl (C=O) groups excluding carboxylic acids is 1. The van der Waals surface area contributed by atoms with Gasteiger partial charge in [-0.2, -0.15) is 0 Å². The predicted octanol–water partition coefficient (Wildman–Crippen LogP) is 2.94. The van der Waals surface area contributed by atoms with Crippen molar-refractivity contribution in [1.82, 2.24) is 19.9 Å². The van der Waals surface area contributed by atoms with Crippen LogP contribution in [0.5, 0.6) is 0 Å². The minimum absolute atomic E-state index is 0.0363. The number of aromatic nitrogens is 3. The first-order valence-corrected chi connectivity index (χ1v) is 8.24. The molecule has 1 aromatic carbocycles. The van der Waals surface area contributed by atoms with E-state index in [1.165, 1.54) is 5.56 Å². The zero-order chi connectivity index (χ0) is 16.2. The molecule has 2 heterocycles. The van der Waals surface area contributed by atoms with Crippen molar-refractivity contribution < 1.29 is 4.79 Å². The number of carbonyl (C=O) groups is 1. The summed E-state index contributed by atoms with van der Waals surface area (Å²) < 4.78 is 1.78. The number of nitrogens with zero attached hydrogens (tertiary/aromatic N) is 3. The quantitative estimate of drug-likeness (QED) is 0.784. The highest BCUT2D eigenvalue weighted by Crippen LogP contribution is 2.21. The normalized spacial score (nSPS) is 10.7. The third-order valence-corrected chi connectivity index (χ3v) is 4.35. The lowest BCUT2D eigenvalue weighted by Crippen LogP contribution is -2.26. The summed E-state index contributed by atoms with van der Waals surface area (Å²) in [5, 5.41) is 5.79. The van der Waals surface area contributed by atoms with Gasteiger partial charge in [-0.25, -0.2) is 9.97 Å². The Bertz CT molecular complexity index is 821. The molecule has 2 aromatic heterocycles. The monoisotopic (exact) mass is 326 g/mol. The largest absolute Gasteiger partial charge is 0.350 e. The van der Waals surface area contributed by atoms with Crippen molar-refractivity contribution in [1.29, 1.82) is 0 Å². The van der Waals surface area contributed by atoms with Crippen molar-refractivity contribution in [2.75, 3.05) is 0 Å². The van der Waals surface area contributed by atoms with Gasteiger partial charge in [0.25, 0.3) is 0 Å². The summed E-state index contributed by atoms with van der Waals surface area (Å²) in [5.74, 6) is -0.0363. The maximum Gasteiger partial charge on any atom is 0.240 e. The maximum atomic E-state index is 12.0. The lowest BCUT2D eigenvalue weighted by molar-refractivity contribution is -0.121. The van der Waals surface area contributed by atoms with Crippen LogP contribution in [0, 0.1) is 13.8 Å². The van der Waals surface area contributed by atoms with E-state index in [1.54, 1.807) is 22.2 Å². The SMILES string of the molecule is Cc1cccc(CNC(=O)Cn2cnc(-c3nc(C)cs3)c2)c1. The topological polar surface area (TPSA) is 59.8 Å². The van der Waals surface area contributed by atoms with E-state index in [0.717, 1.165) is 22.0 Å². The number of aryl methyl sites for hydroxylation is 2. The van der Waals surface area contributed by atoms with E-state index in [2.05, 4.69) is 21.4 Å². The van der Waals surface area contributed by atoms with E-state index in [4.69, 9.17) is 0 Å². The average molecular weight is 326 g/mol. The molecular formula is C17H18N4OS. The predicted molar refractivity (Wildman–Crippen MR) is 91.1 cm³/mol. The van der Waals surface area contributed by atoms with Crippen molar-refractivity contribution in [3.8, 4) is 10.7 Å². The van der Waals surface area contributed by atoms with E-state index in [9.17, 15) is 4.79 Å². The Balaban J connectivity index is 1.57. The molecule has 0 saturated heterocycles. The van der Waals surface area contributed by atoms with Gasteiger partial charge in [0.1, 0.15) is 17.2 Å². The van der Waals surface area contributed by atoms with Crippen LogP contribution >= 0.6 is 11.3 Å². The maximum absolute atomic E-state index is 12.0. The van der Waals surface area contributed by atoms with Gasteiger partial charge in [-0.15, -0.1) is 11.3 Å². The van der Waals surface area contributed by atoms with Crippen molar-refractivity contribution in [2.24, 2.45) is 0 Å². The van der Waals surface area contributed by atoms with Gasteiger partial charge in [0.2, 0.25) is 5.91 Å². The van der Waals surface area contributed by atoms with E-state index in [0.29, 0.717) is 6.54 Å². The number of imidazole rings is 1. The van der Waals surface area contributed by atoms with Gasteiger partial charge in [0.05, 0.1) is 6.33 Å². The van der Waals surface area contributed by atoms with Gasteiger partial charge >= 0.3 is 0 Å². The number of nitrogens with one attached hydrogen (secondary N) is 1. The first-order valence-electron chi connectivity index (χ1n) is 7.36. The van der Waals surface area contributed by atoms with Crippen molar-refractivity contribution in [2.45, 2.75) is 26.9 Å². The summed E-state index contributed by atoms with van der Waals surface area (Å²) in [7, 11) is 0. The molecule has 0 fully saturated rings. The lowest BCUT2D eigenvalue weighted by Gasteiger charge is -2.06. The van der Waals surface area contributed by atoms with Crippen molar-refractivity contribution in [3.05, 3.63) is 59.0 Å². The van der Waals surface area contributed by atoms with E-state index < -0.39 is 0 Å². The highest BCUT2D eigenvalue weighted by Gasteiger charge is 2.08. The Labute approximate surface area is 139 Å². The van der Waals surface area contributed by atoms with Crippen LogP contribution in [0.4, 0.5) is 0 Å². The third-order valence-electron chi connectivity index (χ3n) is 3.37. The zero-order valence-electron chi connectivity index (χ0n) is 13.1. The molecule has 0 radical (unpaired) electrons. The van der Waals surface area contributed by atoms with E-state index in [1.807, 2.05) is 43.6 Å². The lowest BCUT2D eigenvalue weighted by atomic mass is 10.1. The Morgan fingerprint density at radius 3 is 2.96 bits per heavy atom. The number of thiazole rings is 1. The zero-order valence-corrected chi connectivity index (χ0v) is 13.9. The molecule has 0 bridgehead atoms. The number of hydrogen-bond donors (Lipinski definition) is 1. The summed E-state index contributed by atoms with van der Waals surface area (Å²) >= 11 is 1.56. The number of amides is 1. The number of hydrogen-bond acceptors (Lipinski definition) is 4. The van der Waals surface area contributed by atoms with Crippen LogP contribution in [0.1, 0.15) is 16.8 Å². The van der Waals surface area contributed by atoms with Gasteiger partial charge < -0.3 is 9.88 Å². The van der Waals surface area contributed by atoms with Crippen LogP contribution in [0.25, 0.3) is 10.7 Å². The smallest absolute Gasteiger partial charge is 0.240 e. The second kappa shape index (κ2) is 6.75. The Morgan fingerprint density at radius 1 is 1.35 bits per heavy atom. The second-order valence-corrected chi connectivity index (χ2v) is 6.35. The summed E-state index contributed by atoms with van der Waals surface area (Å²) in [6.45, 7) is 4.78. The summed E-state index contributed by atoms with van der Waals surface area (Å²) in [6.07, 6.45) is 3.52. The molecule has 23 heavy (non-hydrogen) atoms. The van der Waals surface area contributed by atoms with Crippen LogP contribution in [-0.2, 0) is 17.9 Å². The first kappa shape index (κ1) is 15.4. The molecule has 3 rings (SSSR count). The van der Waals surface area contributed by atoms with Crippen molar-refractivity contribution >= 4 is 17.2 Å². The van der Waals surface area contributed by atoms with Crippen LogP contribution in [0.15, 0.2) is 42.2 Å².